The molecular weight excluding hydrogens is 371 g/mol. The number of halogens is 2. The van der Waals surface area contributed by atoms with Crippen LogP contribution >= 0.6 is 23.2 Å². The van der Waals surface area contributed by atoms with Crippen molar-refractivity contribution in [1.82, 2.24) is 10.2 Å². The summed E-state index contributed by atoms with van der Waals surface area (Å²) in [6.07, 6.45) is 0.976. The van der Waals surface area contributed by atoms with Gasteiger partial charge in [0.25, 0.3) is 0 Å². The van der Waals surface area contributed by atoms with E-state index < -0.39 is 0 Å². The Labute approximate surface area is 163 Å². The summed E-state index contributed by atoms with van der Waals surface area (Å²) in [6, 6.07) is 15.0. The van der Waals surface area contributed by atoms with E-state index in [0.717, 1.165) is 17.5 Å². The summed E-state index contributed by atoms with van der Waals surface area (Å²) in [5, 5.41) is 4.20. The summed E-state index contributed by atoms with van der Waals surface area (Å²) in [4.78, 5) is 26.3. The van der Waals surface area contributed by atoms with Gasteiger partial charge in [0.2, 0.25) is 11.8 Å². The minimum Gasteiger partial charge on any atom is -0.352 e. The van der Waals surface area contributed by atoms with Crippen LogP contribution in [0.15, 0.2) is 48.5 Å². The molecule has 6 heteroatoms. The van der Waals surface area contributed by atoms with Crippen molar-refractivity contribution in [3.63, 3.8) is 0 Å². The van der Waals surface area contributed by atoms with E-state index in [1.165, 1.54) is 0 Å². The van der Waals surface area contributed by atoms with Gasteiger partial charge in [-0.3, -0.25) is 9.59 Å². The number of nitrogens with zero attached hydrogens (tertiary/aromatic N) is 1. The van der Waals surface area contributed by atoms with Crippen LogP contribution in [0.25, 0.3) is 0 Å². The number of nitrogens with one attached hydrogen (secondary N) is 1. The van der Waals surface area contributed by atoms with E-state index in [1.807, 2.05) is 42.5 Å². The molecule has 0 radical (unpaired) electrons. The molecule has 1 heterocycles. The number of hydrogen-bond acceptors (Lipinski definition) is 2. The van der Waals surface area contributed by atoms with Gasteiger partial charge in [-0.2, -0.15) is 0 Å². The second kappa shape index (κ2) is 8.56. The van der Waals surface area contributed by atoms with Gasteiger partial charge in [0.1, 0.15) is 0 Å². The van der Waals surface area contributed by atoms with Crippen LogP contribution in [0.1, 0.15) is 17.5 Å². The smallest absolute Gasteiger partial charge is 0.225 e. The van der Waals surface area contributed by atoms with Crippen LogP contribution in [-0.4, -0.2) is 29.8 Å². The van der Waals surface area contributed by atoms with E-state index in [4.69, 9.17) is 23.2 Å². The highest BCUT2D eigenvalue weighted by Crippen LogP contribution is 2.20. The van der Waals surface area contributed by atoms with Crippen molar-refractivity contribution < 1.29 is 9.59 Å². The maximum atomic E-state index is 12.4. The molecule has 2 amide bonds. The van der Waals surface area contributed by atoms with Crippen LogP contribution < -0.4 is 5.32 Å². The number of amides is 2. The summed E-state index contributed by atoms with van der Waals surface area (Å²) in [5.41, 5.74) is 1.95. The molecule has 2 aromatic carbocycles. The molecule has 4 nitrogen and oxygen atoms in total. The Bertz CT molecular complexity index is 810. The molecule has 0 aromatic heterocycles. The predicted octanol–water partition coefficient (Wildman–Crippen LogP) is 3.70. The fraction of sp³-hybridized carbons (Fsp3) is 0.300. The molecule has 1 unspecified atom stereocenters. The number of carbonyl (C=O) groups excluding carboxylic acids is 2. The van der Waals surface area contributed by atoms with Gasteiger partial charge in [0.15, 0.2) is 0 Å². The maximum Gasteiger partial charge on any atom is 0.225 e. The normalized spacial score (nSPS) is 16.8. The summed E-state index contributed by atoms with van der Waals surface area (Å²) in [7, 11) is 0. The zero-order chi connectivity index (χ0) is 18.5. The molecule has 136 valence electrons. The fourth-order valence-electron chi connectivity index (χ4n) is 3.09. The Hall–Kier alpha value is -2.04. The molecule has 0 aliphatic carbocycles. The quantitative estimate of drug-likeness (QED) is 0.817. The lowest BCUT2D eigenvalue weighted by atomic mass is 10.1. The summed E-state index contributed by atoms with van der Waals surface area (Å²) >= 11 is 12.1. The van der Waals surface area contributed by atoms with E-state index >= 15 is 0 Å². The largest absolute Gasteiger partial charge is 0.352 e. The molecule has 1 atom stereocenters. The third-order valence-electron chi connectivity index (χ3n) is 4.56. The molecule has 26 heavy (non-hydrogen) atoms. The Morgan fingerprint density at radius 1 is 1.15 bits per heavy atom. The molecule has 0 saturated carbocycles. The molecule has 2 aromatic rings. The summed E-state index contributed by atoms with van der Waals surface area (Å²) in [6.45, 7) is 1.41. The van der Waals surface area contributed by atoms with Gasteiger partial charge < -0.3 is 10.2 Å². The summed E-state index contributed by atoms with van der Waals surface area (Å²) in [5.74, 6) is -0.405. The number of hydrogen-bond donors (Lipinski definition) is 1. The van der Waals surface area contributed by atoms with Gasteiger partial charge in [-0.25, -0.2) is 0 Å². The van der Waals surface area contributed by atoms with Crippen molar-refractivity contribution in [3.05, 3.63) is 69.7 Å². The Morgan fingerprint density at radius 2 is 1.96 bits per heavy atom. The van der Waals surface area contributed by atoms with Gasteiger partial charge in [-0.1, -0.05) is 53.5 Å². The highest BCUT2D eigenvalue weighted by Gasteiger charge is 2.33. The van der Waals surface area contributed by atoms with Crippen LogP contribution in [0.5, 0.6) is 0 Å². The average molecular weight is 391 g/mol. The molecule has 0 spiro atoms. The third-order valence-corrected chi connectivity index (χ3v) is 5.16. The standard InChI is InChI=1S/C20H20Cl2N2O2/c21-17-6-3-4-14(10-17)8-9-24-13-16(11-19(24)25)20(26)23-12-15-5-1-2-7-18(15)22/h1-7,10,16H,8-9,11-13H2,(H,23,26). The van der Waals surface area contributed by atoms with E-state index in [-0.39, 0.29) is 24.2 Å². The van der Waals surface area contributed by atoms with Crippen LogP contribution in [-0.2, 0) is 22.6 Å². The van der Waals surface area contributed by atoms with E-state index in [9.17, 15) is 9.59 Å². The lowest BCUT2D eigenvalue weighted by Gasteiger charge is -2.17. The van der Waals surface area contributed by atoms with Gasteiger partial charge in [-0.15, -0.1) is 0 Å². The highest BCUT2D eigenvalue weighted by atomic mass is 35.5. The first-order chi connectivity index (χ1) is 12.5. The van der Waals surface area contributed by atoms with Crippen LogP contribution in [0, 0.1) is 5.92 Å². The first-order valence-corrected chi connectivity index (χ1v) is 9.32. The van der Waals surface area contributed by atoms with Gasteiger partial charge in [-0.05, 0) is 35.7 Å². The first-order valence-electron chi connectivity index (χ1n) is 8.56. The monoisotopic (exact) mass is 390 g/mol. The van der Waals surface area contributed by atoms with Crippen molar-refractivity contribution in [2.24, 2.45) is 5.92 Å². The van der Waals surface area contributed by atoms with Crippen molar-refractivity contribution in [2.75, 3.05) is 13.1 Å². The number of rotatable bonds is 6. The number of benzene rings is 2. The fourth-order valence-corrected chi connectivity index (χ4v) is 3.50. The molecule has 3 rings (SSSR count). The topological polar surface area (TPSA) is 49.4 Å². The van der Waals surface area contributed by atoms with E-state index in [0.29, 0.717) is 29.7 Å². The van der Waals surface area contributed by atoms with Gasteiger partial charge in [0.05, 0.1) is 5.92 Å². The third kappa shape index (κ3) is 4.77. The number of likely N-dealkylation sites (tertiary alicyclic amines) is 1. The second-order valence-corrected chi connectivity index (χ2v) is 7.27. The van der Waals surface area contributed by atoms with Crippen molar-refractivity contribution in [2.45, 2.75) is 19.4 Å². The maximum absolute atomic E-state index is 12.4. The van der Waals surface area contributed by atoms with E-state index in [1.54, 1.807) is 11.0 Å². The Balaban J connectivity index is 1.50. The van der Waals surface area contributed by atoms with Gasteiger partial charge in [0, 0.05) is 36.1 Å². The zero-order valence-electron chi connectivity index (χ0n) is 14.3. The van der Waals surface area contributed by atoms with Crippen molar-refractivity contribution in [1.29, 1.82) is 0 Å². The van der Waals surface area contributed by atoms with E-state index in [2.05, 4.69) is 5.32 Å². The molecule has 1 aliphatic heterocycles. The molecule has 1 saturated heterocycles. The number of carbonyl (C=O) groups is 2. The minimum atomic E-state index is -0.315. The lowest BCUT2D eigenvalue weighted by molar-refractivity contribution is -0.129. The molecule has 1 N–H and O–H groups in total. The van der Waals surface area contributed by atoms with Crippen molar-refractivity contribution >= 4 is 35.0 Å². The SMILES string of the molecule is O=C(NCc1ccccc1Cl)C1CC(=O)N(CCc2cccc(Cl)c2)C1. The van der Waals surface area contributed by atoms with Crippen molar-refractivity contribution in [3.8, 4) is 0 Å². The second-order valence-electron chi connectivity index (χ2n) is 6.43. The van der Waals surface area contributed by atoms with Gasteiger partial charge >= 0.3 is 0 Å². The molecule has 0 bridgehead atoms. The van der Waals surface area contributed by atoms with Crippen LogP contribution in [0.2, 0.25) is 10.0 Å². The first kappa shape index (κ1) is 18.7. The lowest BCUT2D eigenvalue weighted by Crippen LogP contribution is -2.33. The highest BCUT2D eigenvalue weighted by molar-refractivity contribution is 6.31. The Kier molecular flexibility index (Phi) is 6.17. The predicted molar refractivity (Wildman–Crippen MR) is 103 cm³/mol. The molecular formula is C20H20Cl2N2O2. The average Bonchev–Trinajstić information content (AvgIpc) is 3.00. The minimum absolute atomic E-state index is 0.0184. The zero-order valence-corrected chi connectivity index (χ0v) is 15.8. The summed E-state index contributed by atoms with van der Waals surface area (Å²) < 4.78 is 0. The molecule has 1 fully saturated rings. The Morgan fingerprint density at radius 3 is 2.73 bits per heavy atom. The van der Waals surface area contributed by atoms with Crippen LogP contribution in [0.4, 0.5) is 0 Å². The van der Waals surface area contributed by atoms with Crippen LogP contribution in [0.3, 0.4) is 0 Å². The molecule has 1 aliphatic rings.